The summed E-state index contributed by atoms with van der Waals surface area (Å²) in [6, 6.07) is 0. The SMILES string of the molecule is O=C1CCCC/C=C(\F)C(F)(F)C(F)(F)[C@@H]1Cl.O=C1CCCC/C=C(\F)C(F)(F)C(F)(F)[C@H]1Cl. The Morgan fingerprint density at radius 3 is 1.21 bits per heavy atom. The first-order chi connectivity index (χ1) is 15.4. The highest BCUT2D eigenvalue weighted by Gasteiger charge is 2.66. The minimum absolute atomic E-state index is 0.113. The lowest BCUT2D eigenvalue weighted by Crippen LogP contribution is -2.51. The van der Waals surface area contributed by atoms with Crippen LogP contribution < -0.4 is 0 Å². The van der Waals surface area contributed by atoms with Crippen molar-refractivity contribution in [2.45, 2.75) is 85.8 Å². The minimum atomic E-state index is -5.05. The third-order valence-corrected chi connectivity index (χ3v) is 6.08. The number of Topliss-reactive ketones (excluding diaryl/α,β-unsaturated/α-hetero) is 2. The molecule has 0 aromatic rings. The maximum absolute atomic E-state index is 13.2. The van der Waals surface area contributed by atoms with Crippen molar-refractivity contribution in [1.82, 2.24) is 0 Å². The summed E-state index contributed by atoms with van der Waals surface area (Å²) < 4.78 is 131. The molecule has 34 heavy (non-hydrogen) atoms. The number of hydrogen-bond acceptors (Lipinski definition) is 2. The predicted molar refractivity (Wildman–Crippen MR) is 104 cm³/mol. The summed E-state index contributed by atoms with van der Waals surface area (Å²) in [5.74, 6) is -26.8. The molecule has 2 rings (SSSR count). The van der Waals surface area contributed by atoms with E-state index in [2.05, 4.69) is 0 Å². The number of allylic oxidation sites excluding steroid dienone is 4. The van der Waals surface area contributed by atoms with Gasteiger partial charge in [-0.3, -0.25) is 9.59 Å². The number of carbonyl (C=O) groups excluding carboxylic acids is 2. The lowest BCUT2D eigenvalue weighted by Gasteiger charge is -2.28. The molecule has 0 amide bonds. The topological polar surface area (TPSA) is 34.1 Å². The van der Waals surface area contributed by atoms with Gasteiger partial charge in [-0.15, -0.1) is 23.2 Å². The Morgan fingerprint density at radius 1 is 0.618 bits per heavy atom. The average molecular weight is 553 g/mol. The van der Waals surface area contributed by atoms with Crippen LogP contribution >= 0.6 is 23.2 Å². The minimum Gasteiger partial charge on any atom is -0.298 e. The van der Waals surface area contributed by atoms with Gasteiger partial charge in [-0.25, -0.2) is 8.78 Å². The van der Waals surface area contributed by atoms with E-state index in [4.69, 9.17) is 23.2 Å². The van der Waals surface area contributed by atoms with Crippen LogP contribution in [0.3, 0.4) is 0 Å². The molecular formula is C20H20Cl2F10O2. The maximum Gasteiger partial charge on any atom is 0.362 e. The van der Waals surface area contributed by atoms with Crippen molar-refractivity contribution in [2.24, 2.45) is 0 Å². The highest BCUT2D eigenvalue weighted by molar-refractivity contribution is 6.32. The number of halogens is 12. The van der Waals surface area contributed by atoms with Crippen LogP contribution in [-0.4, -0.2) is 46.0 Å². The summed E-state index contributed by atoms with van der Waals surface area (Å²) >= 11 is 10.1. The fraction of sp³-hybridized carbons (Fsp3) is 0.700. The van der Waals surface area contributed by atoms with Crippen molar-refractivity contribution < 1.29 is 53.5 Å². The van der Waals surface area contributed by atoms with E-state index in [0.717, 1.165) is 0 Å². The second kappa shape index (κ2) is 11.6. The molecule has 0 radical (unpaired) electrons. The van der Waals surface area contributed by atoms with Crippen LogP contribution in [0.15, 0.2) is 23.8 Å². The Hall–Kier alpha value is -1.30. The van der Waals surface area contributed by atoms with Crippen LogP contribution in [0.2, 0.25) is 0 Å². The van der Waals surface area contributed by atoms with Gasteiger partial charge in [0.05, 0.1) is 0 Å². The van der Waals surface area contributed by atoms with Crippen LogP contribution in [0.5, 0.6) is 0 Å². The maximum atomic E-state index is 13.2. The Bertz CT molecular complexity index is 745. The monoisotopic (exact) mass is 552 g/mol. The molecule has 0 spiro atoms. The van der Waals surface area contributed by atoms with Gasteiger partial charge in [0.15, 0.2) is 34.0 Å². The lowest BCUT2D eigenvalue weighted by molar-refractivity contribution is -0.196. The van der Waals surface area contributed by atoms with E-state index in [1.54, 1.807) is 0 Å². The zero-order chi connectivity index (χ0) is 26.5. The zero-order valence-electron chi connectivity index (χ0n) is 17.3. The first kappa shape index (κ1) is 30.7. The van der Waals surface area contributed by atoms with Gasteiger partial charge in [0.2, 0.25) is 0 Å². The van der Waals surface area contributed by atoms with Gasteiger partial charge in [0.1, 0.15) is 0 Å². The Morgan fingerprint density at radius 2 is 0.912 bits per heavy atom. The third-order valence-electron chi connectivity index (χ3n) is 5.04. The van der Waals surface area contributed by atoms with Crippen LogP contribution in [0.4, 0.5) is 43.9 Å². The highest BCUT2D eigenvalue weighted by Crippen LogP contribution is 2.47. The van der Waals surface area contributed by atoms with Gasteiger partial charge in [-0.2, -0.15) is 35.1 Å². The van der Waals surface area contributed by atoms with Crippen molar-refractivity contribution >= 4 is 34.8 Å². The summed E-state index contributed by atoms with van der Waals surface area (Å²) in [6.07, 6.45) is 0.969. The molecule has 0 saturated heterocycles. The van der Waals surface area contributed by atoms with Gasteiger partial charge in [0, 0.05) is 12.8 Å². The summed E-state index contributed by atoms with van der Waals surface area (Å²) in [6.45, 7) is 0. The van der Waals surface area contributed by atoms with Gasteiger partial charge >= 0.3 is 23.7 Å². The summed E-state index contributed by atoms with van der Waals surface area (Å²) in [5.41, 5.74) is 0. The van der Waals surface area contributed by atoms with E-state index in [9.17, 15) is 53.5 Å². The molecule has 0 heterocycles. The van der Waals surface area contributed by atoms with Crippen molar-refractivity contribution in [3.63, 3.8) is 0 Å². The Kier molecular flexibility index (Phi) is 10.5. The van der Waals surface area contributed by atoms with E-state index >= 15 is 0 Å². The summed E-state index contributed by atoms with van der Waals surface area (Å²) in [5, 5.41) is -5.43. The first-order valence-corrected chi connectivity index (χ1v) is 10.9. The standard InChI is InChI=1S/2C10H10ClF5O/c2*11-8-6(17)4-2-1-3-5-7(12)9(13,14)10(8,15)16/h2*5,8H,1-4H2/b2*7-5-/t2*8-/m10/s1. The number of rotatable bonds is 0. The molecule has 0 aromatic heterocycles. The second-order valence-electron chi connectivity index (χ2n) is 7.65. The van der Waals surface area contributed by atoms with E-state index in [0.29, 0.717) is 12.2 Å². The average Bonchev–Trinajstić information content (AvgIpc) is 2.75. The van der Waals surface area contributed by atoms with Crippen molar-refractivity contribution in [2.75, 3.05) is 0 Å². The molecule has 0 N–H and O–H groups in total. The number of hydrogen-bond donors (Lipinski definition) is 0. The molecule has 2 nitrogen and oxygen atoms in total. The fourth-order valence-corrected chi connectivity index (χ4v) is 3.39. The van der Waals surface area contributed by atoms with Crippen molar-refractivity contribution in [3.05, 3.63) is 23.8 Å². The van der Waals surface area contributed by atoms with Crippen molar-refractivity contribution in [3.8, 4) is 0 Å². The van der Waals surface area contributed by atoms with Crippen LogP contribution in [0.25, 0.3) is 0 Å². The van der Waals surface area contributed by atoms with Crippen molar-refractivity contribution in [1.29, 1.82) is 0 Å². The largest absolute Gasteiger partial charge is 0.362 e. The molecule has 0 unspecified atom stereocenters. The molecule has 2 atom stereocenters. The predicted octanol–water partition coefficient (Wildman–Crippen LogP) is 7.72. The number of ketones is 2. The summed E-state index contributed by atoms with van der Waals surface area (Å²) in [4.78, 5) is 22.3. The molecule has 196 valence electrons. The normalized spacial score (nSPS) is 32.7. The highest BCUT2D eigenvalue weighted by atomic mass is 35.5. The van der Waals surface area contributed by atoms with E-state index < -0.39 is 57.7 Å². The van der Waals surface area contributed by atoms with E-state index in [1.807, 2.05) is 0 Å². The zero-order valence-corrected chi connectivity index (χ0v) is 18.8. The van der Waals surface area contributed by atoms with Crippen LogP contribution in [0, 0.1) is 0 Å². The summed E-state index contributed by atoms with van der Waals surface area (Å²) in [7, 11) is 0. The quantitative estimate of drug-likeness (QED) is 0.228. The molecule has 2 aliphatic rings. The number of carbonyl (C=O) groups is 2. The Balaban J connectivity index is 0.000000340. The van der Waals surface area contributed by atoms with E-state index in [-0.39, 0.29) is 51.4 Å². The van der Waals surface area contributed by atoms with Gasteiger partial charge in [-0.05, 0) is 50.7 Å². The van der Waals surface area contributed by atoms with Crippen LogP contribution in [0.1, 0.15) is 51.4 Å². The smallest absolute Gasteiger partial charge is 0.298 e. The molecule has 0 saturated carbocycles. The van der Waals surface area contributed by atoms with Gasteiger partial charge in [-0.1, -0.05) is 0 Å². The van der Waals surface area contributed by atoms with E-state index in [1.165, 1.54) is 0 Å². The molecule has 0 aliphatic heterocycles. The molecule has 14 heteroatoms. The van der Waals surface area contributed by atoms with Gasteiger partial charge < -0.3 is 0 Å². The molecule has 2 aliphatic carbocycles. The fourth-order valence-electron chi connectivity index (χ4n) is 2.90. The van der Waals surface area contributed by atoms with Gasteiger partial charge in [0.25, 0.3) is 0 Å². The number of alkyl halides is 10. The second-order valence-corrected chi connectivity index (χ2v) is 8.52. The first-order valence-electron chi connectivity index (χ1n) is 9.99. The Labute approximate surface area is 198 Å². The van der Waals surface area contributed by atoms with Crippen LogP contribution in [-0.2, 0) is 9.59 Å². The third kappa shape index (κ3) is 6.47. The molecule has 0 fully saturated rings. The molecule has 0 bridgehead atoms. The molecule has 0 aromatic carbocycles. The molecular weight excluding hydrogens is 533 g/mol. The lowest BCUT2D eigenvalue weighted by atomic mass is 9.97.